The zero-order valence-electron chi connectivity index (χ0n) is 13.3. The fourth-order valence-electron chi connectivity index (χ4n) is 2.42. The van der Waals surface area contributed by atoms with Gasteiger partial charge in [0.2, 0.25) is 0 Å². The Bertz CT molecular complexity index is 603. The number of rotatable bonds is 1. The van der Waals surface area contributed by atoms with Crippen LogP contribution in [0.3, 0.4) is 0 Å². The van der Waals surface area contributed by atoms with Gasteiger partial charge in [0.1, 0.15) is 11.4 Å². The van der Waals surface area contributed by atoms with Gasteiger partial charge in [0.25, 0.3) is 0 Å². The number of phenolic OH excluding ortho intramolecular Hbond substituents is 1. The first kappa shape index (κ1) is 16.1. The third-order valence-electron chi connectivity index (χ3n) is 3.34. The van der Waals surface area contributed by atoms with Crippen molar-refractivity contribution in [3.05, 3.63) is 23.3 Å². The van der Waals surface area contributed by atoms with Gasteiger partial charge >= 0.3 is 12.1 Å². The normalized spacial score (nSPS) is 14.3. The van der Waals surface area contributed by atoms with E-state index in [2.05, 4.69) is 4.74 Å². The lowest BCUT2D eigenvalue weighted by Crippen LogP contribution is -2.40. The van der Waals surface area contributed by atoms with Crippen molar-refractivity contribution in [2.75, 3.05) is 18.6 Å². The molecule has 0 atom stereocenters. The molecule has 1 aromatic carbocycles. The van der Waals surface area contributed by atoms with E-state index in [0.29, 0.717) is 24.2 Å². The van der Waals surface area contributed by atoms with Gasteiger partial charge in [-0.3, -0.25) is 4.90 Å². The molecule has 120 valence electrons. The van der Waals surface area contributed by atoms with Crippen molar-refractivity contribution in [3.8, 4) is 5.75 Å². The van der Waals surface area contributed by atoms with Crippen LogP contribution in [-0.2, 0) is 15.9 Å². The Morgan fingerprint density at radius 2 is 1.95 bits per heavy atom. The summed E-state index contributed by atoms with van der Waals surface area (Å²) in [6.45, 7) is 5.85. The Morgan fingerprint density at radius 1 is 1.27 bits per heavy atom. The minimum absolute atomic E-state index is 0.00819. The summed E-state index contributed by atoms with van der Waals surface area (Å²) in [5, 5.41) is 10.1. The van der Waals surface area contributed by atoms with Gasteiger partial charge in [-0.1, -0.05) is 0 Å². The third kappa shape index (κ3) is 3.32. The van der Waals surface area contributed by atoms with E-state index < -0.39 is 17.7 Å². The van der Waals surface area contributed by atoms with E-state index in [4.69, 9.17) is 4.74 Å². The van der Waals surface area contributed by atoms with Crippen LogP contribution in [0.2, 0.25) is 0 Å². The summed E-state index contributed by atoms with van der Waals surface area (Å²) in [6.07, 6.45) is 0.870. The molecule has 1 aliphatic heterocycles. The van der Waals surface area contributed by atoms with Gasteiger partial charge in [0.05, 0.1) is 18.4 Å². The molecule has 22 heavy (non-hydrogen) atoms. The van der Waals surface area contributed by atoms with Crippen molar-refractivity contribution in [3.63, 3.8) is 0 Å². The molecule has 0 saturated carbocycles. The largest absolute Gasteiger partial charge is 0.508 e. The van der Waals surface area contributed by atoms with Crippen LogP contribution >= 0.6 is 0 Å². The molecule has 1 heterocycles. The van der Waals surface area contributed by atoms with Crippen LogP contribution < -0.4 is 4.90 Å². The van der Waals surface area contributed by atoms with E-state index in [0.717, 1.165) is 6.42 Å². The van der Waals surface area contributed by atoms with Crippen molar-refractivity contribution in [2.45, 2.75) is 39.2 Å². The predicted molar refractivity (Wildman–Crippen MR) is 81.3 cm³/mol. The van der Waals surface area contributed by atoms with Crippen LogP contribution in [0.5, 0.6) is 5.75 Å². The van der Waals surface area contributed by atoms with Crippen molar-refractivity contribution < 1.29 is 24.2 Å². The van der Waals surface area contributed by atoms with Gasteiger partial charge in [-0.25, -0.2) is 9.59 Å². The Hall–Kier alpha value is -2.24. The summed E-state index contributed by atoms with van der Waals surface area (Å²) in [5.74, 6) is -0.570. The van der Waals surface area contributed by atoms with Crippen LogP contribution in [0.25, 0.3) is 0 Å². The molecular weight excluding hydrogens is 286 g/mol. The number of amides is 1. The van der Waals surface area contributed by atoms with E-state index in [9.17, 15) is 14.7 Å². The molecule has 1 aromatic rings. The average Bonchev–Trinajstić information content (AvgIpc) is 2.43. The summed E-state index contributed by atoms with van der Waals surface area (Å²) < 4.78 is 10.1. The first-order valence-corrected chi connectivity index (χ1v) is 7.17. The molecular formula is C16H21NO5. The first-order valence-electron chi connectivity index (χ1n) is 7.17. The molecule has 0 spiro atoms. The topological polar surface area (TPSA) is 76.1 Å². The van der Waals surface area contributed by atoms with Crippen LogP contribution in [-0.4, -0.2) is 36.4 Å². The number of ether oxygens (including phenoxy) is 2. The number of phenols is 1. The second kappa shape index (κ2) is 5.87. The zero-order valence-corrected chi connectivity index (χ0v) is 13.3. The minimum atomic E-state index is -0.614. The molecule has 1 amide bonds. The van der Waals surface area contributed by atoms with Gasteiger partial charge < -0.3 is 14.6 Å². The van der Waals surface area contributed by atoms with Crippen LogP contribution in [0.4, 0.5) is 10.5 Å². The maximum absolute atomic E-state index is 12.3. The summed E-state index contributed by atoms with van der Waals surface area (Å²) >= 11 is 0. The van der Waals surface area contributed by atoms with E-state index in [1.807, 2.05) is 0 Å². The standard InChI is InChI=1S/C16H21NO5/c1-16(2,3)22-15(20)17-7-5-6-11-12(17)8-10(9-13(11)18)14(19)21-4/h8-9,18H,5-7H2,1-4H3. The fourth-order valence-corrected chi connectivity index (χ4v) is 2.42. The quantitative estimate of drug-likeness (QED) is 0.807. The molecule has 0 aliphatic carbocycles. The maximum atomic E-state index is 12.3. The fraction of sp³-hybridized carbons (Fsp3) is 0.500. The third-order valence-corrected chi connectivity index (χ3v) is 3.34. The summed E-state index contributed by atoms with van der Waals surface area (Å²) in [4.78, 5) is 25.5. The highest BCUT2D eigenvalue weighted by atomic mass is 16.6. The monoisotopic (exact) mass is 307 g/mol. The summed E-state index contributed by atoms with van der Waals surface area (Å²) in [6, 6.07) is 2.92. The number of hydrogen-bond donors (Lipinski definition) is 1. The highest BCUT2D eigenvalue weighted by Crippen LogP contribution is 2.36. The van der Waals surface area contributed by atoms with Crippen molar-refractivity contribution in [1.82, 2.24) is 0 Å². The molecule has 0 fully saturated rings. The lowest BCUT2D eigenvalue weighted by atomic mass is 9.98. The second-order valence-corrected chi connectivity index (χ2v) is 6.22. The second-order valence-electron chi connectivity index (χ2n) is 6.22. The number of aromatic hydroxyl groups is 1. The van der Waals surface area contributed by atoms with Crippen LogP contribution in [0, 0.1) is 0 Å². The lowest BCUT2D eigenvalue weighted by Gasteiger charge is -2.32. The van der Waals surface area contributed by atoms with Crippen molar-refractivity contribution in [2.24, 2.45) is 0 Å². The molecule has 1 aliphatic rings. The Kier molecular flexibility index (Phi) is 4.30. The molecule has 6 nitrogen and oxygen atoms in total. The number of methoxy groups -OCH3 is 1. The number of carbonyl (C=O) groups is 2. The van der Waals surface area contributed by atoms with Crippen LogP contribution in [0.1, 0.15) is 43.1 Å². The number of hydrogen-bond acceptors (Lipinski definition) is 5. The molecule has 0 aromatic heterocycles. The molecule has 0 radical (unpaired) electrons. The smallest absolute Gasteiger partial charge is 0.414 e. The molecule has 2 rings (SSSR count). The predicted octanol–water partition coefficient (Wildman–Crippen LogP) is 2.87. The van der Waals surface area contributed by atoms with Crippen molar-refractivity contribution in [1.29, 1.82) is 0 Å². The Labute approximate surface area is 129 Å². The molecule has 0 bridgehead atoms. The number of nitrogens with zero attached hydrogens (tertiary/aromatic N) is 1. The Morgan fingerprint density at radius 3 is 2.55 bits per heavy atom. The van der Waals surface area contributed by atoms with Gasteiger partial charge in [-0.2, -0.15) is 0 Å². The Balaban J connectivity index is 2.42. The number of fused-ring (bicyclic) bond motifs is 1. The van der Waals surface area contributed by atoms with Crippen LogP contribution in [0.15, 0.2) is 12.1 Å². The molecule has 0 unspecified atom stereocenters. The summed E-state index contributed by atoms with van der Waals surface area (Å²) in [7, 11) is 1.27. The SMILES string of the molecule is COC(=O)c1cc(O)c2c(c1)N(C(=O)OC(C)(C)C)CCC2. The molecule has 6 heteroatoms. The van der Waals surface area contributed by atoms with Gasteiger partial charge in [-0.05, 0) is 45.7 Å². The minimum Gasteiger partial charge on any atom is -0.508 e. The first-order chi connectivity index (χ1) is 10.2. The molecule has 1 N–H and O–H groups in total. The number of anilines is 1. The lowest BCUT2D eigenvalue weighted by molar-refractivity contribution is 0.0570. The summed E-state index contributed by atoms with van der Waals surface area (Å²) in [5.41, 5.74) is 0.733. The van der Waals surface area contributed by atoms with Crippen molar-refractivity contribution >= 4 is 17.7 Å². The van der Waals surface area contributed by atoms with E-state index in [1.165, 1.54) is 18.1 Å². The average molecular weight is 307 g/mol. The van der Waals surface area contributed by atoms with E-state index in [1.54, 1.807) is 26.8 Å². The highest BCUT2D eigenvalue weighted by Gasteiger charge is 2.29. The van der Waals surface area contributed by atoms with Gasteiger partial charge in [0, 0.05) is 12.1 Å². The zero-order chi connectivity index (χ0) is 16.5. The highest BCUT2D eigenvalue weighted by molar-refractivity contribution is 5.95. The van der Waals surface area contributed by atoms with Gasteiger partial charge in [-0.15, -0.1) is 0 Å². The molecule has 0 saturated heterocycles. The van der Waals surface area contributed by atoms with E-state index in [-0.39, 0.29) is 11.3 Å². The maximum Gasteiger partial charge on any atom is 0.414 e. The number of esters is 1. The number of benzene rings is 1. The number of carbonyl (C=O) groups excluding carboxylic acids is 2. The van der Waals surface area contributed by atoms with E-state index >= 15 is 0 Å². The van der Waals surface area contributed by atoms with Gasteiger partial charge in [0.15, 0.2) is 0 Å².